The second-order valence-corrected chi connectivity index (χ2v) is 7.82. The molecule has 1 aromatic carbocycles. The summed E-state index contributed by atoms with van der Waals surface area (Å²) in [6.45, 7) is 0.531. The summed E-state index contributed by atoms with van der Waals surface area (Å²) < 4.78 is 25.2. The number of aromatic carboxylic acids is 1. The summed E-state index contributed by atoms with van der Waals surface area (Å²) in [5.41, 5.74) is 2.70. The van der Waals surface area contributed by atoms with Crippen LogP contribution in [-0.2, 0) is 10.0 Å². The lowest BCUT2D eigenvalue weighted by atomic mass is 10.0. The smallest absolute Gasteiger partial charge is 0.335 e. The molecule has 7 heteroatoms. The van der Waals surface area contributed by atoms with Crippen molar-refractivity contribution in [3.63, 3.8) is 0 Å². The Balaban J connectivity index is 1.84. The molecule has 1 fully saturated rings. The van der Waals surface area contributed by atoms with Crippen molar-refractivity contribution in [2.75, 3.05) is 12.8 Å². The molecule has 1 saturated heterocycles. The number of nitrogens with zero attached hydrogens (tertiary/aromatic N) is 2. The first kappa shape index (κ1) is 16.6. The summed E-state index contributed by atoms with van der Waals surface area (Å²) in [6, 6.07) is 10.1. The summed E-state index contributed by atoms with van der Waals surface area (Å²) >= 11 is 0. The van der Waals surface area contributed by atoms with Crippen molar-refractivity contribution >= 4 is 16.0 Å². The fraction of sp³-hybridized carbons (Fsp3) is 0.294. The number of hydrogen-bond donors (Lipinski definition) is 1. The molecule has 0 bridgehead atoms. The average molecular weight is 346 g/mol. The molecule has 0 saturated carbocycles. The van der Waals surface area contributed by atoms with Gasteiger partial charge in [0.05, 0.1) is 23.6 Å². The standard InChI is InChI=1S/C17H18N2O4S/c1-24(22,23)19-10-2-3-16(19)15-9-8-14(11-18-15)12-4-6-13(7-5-12)17(20)21/h4-9,11,16H,2-3,10H2,1H3,(H,20,21)/t16-/m1/s1. The van der Waals surface area contributed by atoms with E-state index in [9.17, 15) is 13.2 Å². The summed E-state index contributed by atoms with van der Waals surface area (Å²) in [6.07, 6.45) is 4.53. The Morgan fingerprint density at radius 3 is 2.38 bits per heavy atom. The first-order chi connectivity index (χ1) is 11.4. The van der Waals surface area contributed by atoms with Gasteiger partial charge in [0.1, 0.15) is 0 Å². The highest BCUT2D eigenvalue weighted by molar-refractivity contribution is 7.88. The second-order valence-electron chi connectivity index (χ2n) is 5.89. The first-order valence-electron chi connectivity index (χ1n) is 7.63. The van der Waals surface area contributed by atoms with Crippen LogP contribution in [0.15, 0.2) is 42.6 Å². The van der Waals surface area contributed by atoms with Crippen LogP contribution < -0.4 is 0 Å². The van der Waals surface area contributed by atoms with Gasteiger partial charge >= 0.3 is 5.97 Å². The van der Waals surface area contributed by atoms with Gasteiger partial charge in [0, 0.05) is 18.3 Å². The third-order valence-electron chi connectivity index (χ3n) is 4.22. The fourth-order valence-electron chi connectivity index (χ4n) is 3.01. The van der Waals surface area contributed by atoms with Crippen LogP contribution >= 0.6 is 0 Å². The highest BCUT2D eigenvalue weighted by atomic mass is 32.2. The lowest BCUT2D eigenvalue weighted by Crippen LogP contribution is -2.29. The molecule has 1 aliphatic rings. The van der Waals surface area contributed by atoms with Crippen LogP contribution in [0.1, 0.15) is 34.9 Å². The quantitative estimate of drug-likeness (QED) is 0.919. The number of carboxylic acid groups (broad SMARTS) is 1. The second kappa shape index (κ2) is 6.33. The number of carbonyl (C=O) groups is 1. The van der Waals surface area contributed by atoms with E-state index in [1.807, 2.05) is 12.1 Å². The van der Waals surface area contributed by atoms with E-state index in [-0.39, 0.29) is 11.6 Å². The highest BCUT2D eigenvalue weighted by Gasteiger charge is 2.33. The number of hydrogen-bond acceptors (Lipinski definition) is 4. The fourth-order valence-corrected chi connectivity index (χ4v) is 4.15. The van der Waals surface area contributed by atoms with E-state index in [0.29, 0.717) is 6.54 Å². The van der Waals surface area contributed by atoms with E-state index in [0.717, 1.165) is 29.7 Å². The number of rotatable bonds is 4. The summed E-state index contributed by atoms with van der Waals surface area (Å²) in [7, 11) is -3.24. The molecule has 0 amide bonds. The lowest BCUT2D eigenvalue weighted by molar-refractivity contribution is 0.0697. The lowest BCUT2D eigenvalue weighted by Gasteiger charge is -2.21. The van der Waals surface area contributed by atoms with Crippen LogP contribution in [0, 0.1) is 0 Å². The Kier molecular flexibility index (Phi) is 4.38. The minimum absolute atomic E-state index is 0.205. The molecule has 1 N–H and O–H groups in total. The van der Waals surface area contributed by atoms with Crippen LogP contribution in [-0.4, -0.2) is 41.6 Å². The number of pyridine rings is 1. The largest absolute Gasteiger partial charge is 0.478 e. The van der Waals surface area contributed by atoms with E-state index in [1.165, 1.54) is 10.6 Å². The van der Waals surface area contributed by atoms with Gasteiger partial charge in [-0.15, -0.1) is 0 Å². The van der Waals surface area contributed by atoms with Crippen LogP contribution in [0.5, 0.6) is 0 Å². The Bertz CT molecular complexity index is 845. The minimum atomic E-state index is -3.24. The zero-order chi connectivity index (χ0) is 17.3. The Labute approximate surface area is 140 Å². The average Bonchev–Trinajstić information content (AvgIpc) is 3.05. The maximum Gasteiger partial charge on any atom is 0.335 e. The van der Waals surface area contributed by atoms with Gasteiger partial charge in [-0.2, -0.15) is 4.31 Å². The van der Waals surface area contributed by atoms with Crippen molar-refractivity contribution in [2.45, 2.75) is 18.9 Å². The minimum Gasteiger partial charge on any atom is -0.478 e. The van der Waals surface area contributed by atoms with Gasteiger partial charge in [-0.1, -0.05) is 18.2 Å². The van der Waals surface area contributed by atoms with Crippen molar-refractivity contribution in [3.8, 4) is 11.1 Å². The molecule has 1 aliphatic heterocycles. The number of carboxylic acids is 1. The zero-order valence-electron chi connectivity index (χ0n) is 13.2. The molecule has 0 radical (unpaired) electrons. The normalized spacial score (nSPS) is 18.6. The first-order valence-corrected chi connectivity index (χ1v) is 9.47. The highest BCUT2D eigenvalue weighted by Crippen LogP contribution is 2.33. The Morgan fingerprint density at radius 2 is 1.83 bits per heavy atom. The maximum absolute atomic E-state index is 11.8. The molecule has 2 aromatic rings. The van der Waals surface area contributed by atoms with Crippen molar-refractivity contribution in [1.82, 2.24) is 9.29 Å². The molecular formula is C17H18N2O4S. The molecule has 3 rings (SSSR count). The van der Waals surface area contributed by atoms with Gasteiger partial charge in [0.15, 0.2) is 0 Å². The van der Waals surface area contributed by atoms with Crippen molar-refractivity contribution < 1.29 is 18.3 Å². The van der Waals surface area contributed by atoms with Gasteiger partial charge < -0.3 is 5.11 Å². The van der Waals surface area contributed by atoms with Crippen molar-refractivity contribution in [1.29, 1.82) is 0 Å². The molecule has 6 nitrogen and oxygen atoms in total. The van der Waals surface area contributed by atoms with Crippen LogP contribution in [0.2, 0.25) is 0 Å². The SMILES string of the molecule is CS(=O)(=O)N1CCC[C@@H]1c1ccc(-c2ccc(C(=O)O)cc2)cn1. The van der Waals surface area contributed by atoms with Crippen LogP contribution in [0.4, 0.5) is 0 Å². The van der Waals surface area contributed by atoms with Crippen LogP contribution in [0.3, 0.4) is 0 Å². The van der Waals surface area contributed by atoms with E-state index in [4.69, 9.17) is 5.11 Å². The van der Waals surface area contributed by atoms with Crippen molar-refractivity contribution in [2.24, 2.45) is 0 Å². The van der Waals surface area contributed by atoms with Gasteiger partial charge in [-0.25, -0.2) is 13.2 Å². The summed E-state index contributed by atoms with van der Waals surface area (Å²) in [5.74, 6) is -0.961. The molecule has 24 heavy (non-hydrogen) atoms. The van der Waals surface area contributed by atoms with Gasteiger partial charge in [-0.3, -0.25) is 4.98 Å². The van der Waals surface area contributed by atoms with E-state index in [1.54, 1.807) is 30.5 Å². The molecule has 0 unspecified atom stereocenters. The predicted molar refractivity (Wildman–Crippen MR) is 90.2 cm³/mol. The third kappa shape index (κ3) is 3.32. The van der Waals surface area contributed by atoms with E-state index < -0.39 is 16.0 Å². The zero-order valence-corrected chi connectivity index (χ0v) is 14.0. The summed E-state index contributed by atoms with van der Waals surface area (Å²) in [5, 5.41) is 8.93. The van der Waals surface area contributed by atoms with Gasteiger partial charge in [0.2, 0.25) is 10.0 Å². The summed E-state index contributed by atoms with van der Waals surface area (Å²) in [4.78, 5) is 15.3. The Morgan fingerprint density at radius 1 is 1.17 bits per heavy atom. The predicted octanol–water partition coefficient (Wildman–Crippen LogP) is 2.54. The molecule has 126 valence electrons. The van der Waals surface area contributed by atoms with Crippen LogP contribution in [0.25, 0.3) is 11.1 Å². The Hall–Kier alpha value is -2.25. The number of sulfonamides is 1. The van der Waals surface area contributed by atoms with Gasteiger partial charge in [0.25, 0.3) is 0 Å². The third-order valence-corrected chi connectivity index (χ3v) is 5.51. The monoisotopic (exact) mass is 346 g/mol. The maximum atomic E-state index is 11.8. The molecule has 2 heterocycles. The van der Waals surface area contributed by atoms with E-state index in [2.05, 4.69) is 4.98 Å². The van der Waals surface area contributed by atoms with Crippen molar-refractivity contribution in [3.05, 3.63) is 53.9 Å². The van der Waals surface area contributed by atoms with E-state index >= 15 is 0 Å². The molecular weight excluding hydrogens is 328 g/mol. The van der Waals surface area contributed by atoms with Gasteiger partial charge in [-0.05, 0) is 36.6 Å². The molecule has 1 aromatic heterocycles. The number of aromatic nitrogens is 1. The molecule has 0 spiro atoms. The number of benzene rings is 1. The topological polar surface area (TPSA) is 87.6 Å². The molecule has 1 atom stereocenters. The molecule has 0 aliphatic carbocycles.